The van der Waals surface area contributed by atoms with E-state index in [1.807, 2.05) is 17.5 Å². The third-order valence-corrected chi connectivity index (χ3v) is 5.11. The average molecular weight is 393 g/mol. The zero-order chi connectivity index (χ0) is 17.2. The van der Waals surface area contributed by atoms with E-state index in [-0.39, 0.29) is 24.2 Å². The lowest BCUT2D eigenvalue weighted by Crippen LogP contribution is -2.45. The molecule has 0 amide bonds. The molecule has 1 atom stereocenters. The summed E-state index contributed by atoms with van der Waals surface area (Å²) in [5, 5.41) is 5.29. The van der Waals surface area contributed by atoms with Crippen LogP contribution in [0, 0.1) is 0 Å². The van der Waals surface area contributed by atoms with Gasteiger partial charge in [0.25, 0.3) is 0 Å². The van der Waals surface area contributed by atoms with Gasteiger partial charge in [0.1, 0.15) is 5.75 Å². The molecule has 0 spiro atoms. The molecule has 0 unspecified atom stereocenters. The molecule has 1 aliphatic rings. The summed E-state index contributed by atoms with van der Waals surface area (Å²) in [7, 11) is 1.42. The predicted octanol–water partition coefficient (Wildman–Crippen LogP) is 4.19. The molecule has 3 rings (SSSR count). The van der Waals surface area contributed by atoms with Crippen molar-refractivity contribution in [2.24, 2.45) is 0 Å². The Bertz CT molecular complexity index is 673. The lowest BCUT2D eigenvalue weighted by molar-refractivity contribution is -0.137. The van der Waals surface area contributed by atoms with Crippen LogP contribution in [0.25, 0.3) is 0 Å². The van der Waals surface area contributed by atoms with Gasteiger partial charge in [-0.1, -0.05) is 12.1 Å². The second-order valence-electron chi connectivity index (χ2n) is 5.66. The number of piperazine rings is 1. The molecule has 0 bridgehead atoms. The number of halogens is 4. The number of methoxy groups -OCH3 is 1. The molecule has 1 saturated heterocycles. The van der Waals surface area contributed by atoms with Gasteiger partial charge < -0.3 is 10.1 Å². The lowest BCUT2D eigenvalue weighted by Gasteiger charge is -2.35. The maximum Gasteiger partial charge on any atom is 0.416 e. The van der Waals surface area contributed by atoms with Crippen molar-refractivity contribution in [1.82, 2.24) is 10.2 Å². The molecule has 8 heteroatoms. The van der Waals surface area contributed by atoms with Crippen molar-refractivity contribution in [2.75, 3.05) is 33.3 Å². The molecule has 138 valence electrons. The van der Waals surface area contributed by atoms with Crippen LogP contribution in [0.15, 0.2) is 35.7 Å². The Balaban J connectivity index is 0.00000225. The van der Waals surface area contributed by atoms with Crippen LogP contribution >= 0.6 is 23.7 Å². The Labute approximate surface area is 155 Å². The quantitative estimate of drug-likeness (QED) is 0.844. The number of nitrogens with one attached hydrogen (secondary N) is 1. The number of hydrogen-bond acceptors (Lipinski definition) is 4. The van der Waals surface area contributed by atoms with Crippen molar-refractivity contribution < 1.29 is 17.9 Å². The minimum absolute atomic E-state index is 0. The fourth-order valence-corrected chi connectivity index (χ4v) is 3.91. The van der Waals surface area contributed by atoms with E-state index >= 15 is 0 Å². The molecule has 1 fully saturated rings. The van der Waals surface area contributed by atoms with Crippen molar-refractivity contribution in [2.45, 2.75) is 12.2 Å². The summed E-state index contributed by atoms with van der Waals surface area (Å²) in [6.07, 6.45) is -4.38. The van der Waals surface area contributed by atoms with Gasteiger partial charge in [-0.05, 0) is 23.6 Å². The summed E-state index contributed by atoms with van der Waals surface area (Å²) < 4.78 is 44.3. The van der Waals surface area contributed by atoms with E-state index in [9.17, 15) is 13.2 Å². The normalized spacial score (nSPS) is 17.0. The highest BCUT2D eigenvalue weighted by Gasteiger charge is 2.33. The minimum atomic E-state index is -4.38. The maximum absolute atomic E-state index is 13.0. The second-order valence-corrected chi connectivity index (χ2v) is 6.64. The third-order valence-electron chi connectivity index (χ3n) is 4.18. The van der Waals surface area contributed by atoms with Gasteiger partial charge in [0.2, 0.25) is 0 Å². The molecule has 2 aromatic rings. The SMILES string of the molecule is COc1cc(C(F)(F)F)ccc1[C@@H](c1cccs1)N1CCNCC1.Cl. The van der Waals surface area contributed by atoms with E-state index in [1.165, 1.54) is 7.11 Å². The minimum Gasteiger partial charge on any atom is -0.496 e. The highest BCUT2D eigenvalue weighted by molar-refractivity contribution is 7.10. The Morgan fingerprint density at radius 1 is 1.20 bits per heavy atom. The molecule has 1 aromatic carbocycles. The average Bonchev–Trinajstić information content (AvgIpc) is 3.09. The number of rotatable bonds is 4. The first-order chi connectivity index (χ1) is 11.5. The summed E-state index contributed by atoms with van der Waals surface area (Å²) in [6, 6.07) is 7.68. The molecule has 0 radical (unpaired) electrons. The number of alkyl halides is 3. The van der Waals surface area contributed by atoms with Gasteiger partial charge in [0.15, 0.2) is 0 Å². The Morgan fingerprint density at radius 2 is 1.92 bits per heavy atom. The summed E-state index contributed by atoms with van der Waals surface area (Å²) in [5.41, 5.74) is 0.0863. The highest BCUT2D eigenvalue weighted by atomic mass is 35.5. The Kier molecular flexibility index (Phi) is 6.73. The van der Waals surface area contributed by atoms with Crippen molar-refractivity contribution >= 4 is 23.7 Å². The molecule has 0 aliphatic carbocycles. The van der Waals surface area contributed by atoms with Gasteiger partial charge in [-0.25, -0.2) is 0 Å². The van der Waals surface area contributed by atoms with Gasteiger partial charge in [0.05, 0.1) is 18.7 Å². The van der Waals surface area contributed by atoms with Gasteiger partial charge in [-0.2, -0.15) is 13.2 Å². The predicted molar refractivity (Wildman–Crippen MR) is 95.8 cm³/mol. The van der Waals surface area contributed by atoms with E-state index in [1.54, 1.807) is 17.4 Å². The van der Waals surface area contributed by atoms with Gasteiger partial charge in [-0.15, -0.1) is 23.7 Å². The van der Waals surface area contributed by atoms with E-state index in [2.05, 4.69) is 10.2 Å². The van der Waals surface area contributed by atoms with Gasteiger partial charge in [-0.3, -0.25) is 4.90 Å². The van der Waals surface area contributed by atoms with Crippen molar-refractivity contribution in [3.8, 4) is 5.75 Å². The smallest absolute Gasteiger partial charge is 0.416 e. The molecule has 2 heterocycles. The van der Waals surface area contributed by atoms with Crippen LogP contribution in [0.3, 0.4) is 0 Å². The first-order valence-electron chi connectivity index (χ1n) is 7.74. The maximum atomic E-state index is 13.0. The zero-order valence-electron chi connectivity index (χ0n) is 13.7. The number of benzene rings is 1. The van der Waals surface area contributed by atoms with Crippen LogP contribution < -0.4 is 10.1 Å². The highest BCUT2D eigenvalue weighted by Crippen LogP contribution is 2.40. The first-order valence-corrected chi connectivity index (χ1v) is 8.62. The molecule has 1 aromatic heterocycles. The third kappa shape index (κ3) is 4.47. The van der Waals surface area contributed by atoms with Gasteiger partial charge in [0, 0.05) is 36.6 Å². The van der Waals surface area contributed by atoms with Crippen LogP contribution in [0.2, 0.25) is 0 Å². The molecular weight excluding hydrogens is 373 g/mol. The largest absolute Gasteiger partial charge is 0.496 e. The van der Waals surface area contributed by atoms with Crippen LogP contribution in [0.1, 0.15) is 22.0 Å². The van der Waals surface area contributed by atoms with E-state index in [4.69, 9.17) is 4.74 Å². The van der Waals surface area contributed by atoms with E-state index in [0.717, 1.165) is 48.8 Å². The second kappa shape index (κ2) is 8.40. The monoisotopic (exact) mass is 392 g/mol. The molecular formula is C17H20ClF3N2OS. The number of thiophene rings is 1. The fourth-order valence-electron chi connectivity index (χ4n) is 3.03. The number of hydrogen-bond donors (Lipinski definition) is 1. The molecule has 1 N–H and O–H groups in total. The summed E-state index contributed by atoms with van der Waals surface area (Å²) in [5.74, 6) is 0.279. The molecule has 0 saturated carbocycles. The van der Waals surface area contributed by atoms with E-state index < -0.39 is 11.7 Å². The first kappa shape index (κ1) is 20.0. The standard InChI is InChI=1S/C17H19F3N2OS.ClH/c1-23-14-11-12(17(18,19)20)4-5-13(14)16(15-3-2-10-24-15)22-8-6-21-7-9-22;/h2-5,10-11,16,21H,6-9H2,1H3;1H/t16-;/m0./s1. The van der Waals surface area contributed by atoms with Gasteiger partial charge >= 0.3 is 6.18 Å². The van der Waals surface area contributed by atoms with Crippen LogP contribution in [0.5, 0.6) is 5.75 Å². The molecule has 1 aliphatic heterocycles. The number of nitrogens with zero attached hydrogens (tertiary/aromatic N) is 1. The number of ether oxygens (including phenoxy) is 1. The molecule has 25 heavy (non-hydrogen) atoms. The summed E-state index contributed by atoms with van der Waals surface area (Å²) >= 11 is 1.61. The van der Waals surface area contributed by atoms with E-state index in [0.29, 0.717) is 0 Å². The Hall–Kier alpha value is -1.28. The van der Waals surface area contributed by atoms with Crippen molar-refractivity contribution in [3.05, 3.63) is 51.7 Å². The van der Waals surface area contributed by atoms with Crippen molar-refractivity contribution in [3.63, 3.8) is 0 Å². The van der Waals surface area contributed by atoms with Crippen LogP contribution in [0.4, 0.5) is 13.2 Å². The lowest BCUT2D eigenvalue weighted by atomic mass is 9.99. The van der Waals surface area contributed by atoms with Crippen LogP contribution in [-0.4, -0.2) is 38.2 Å². The Morgan fingerprint density at radius 3 is 2.48 bits per heavy atom. The topological polar surface area (TPSA) is 24.5 Å². The fraction of sp³-hybridized carbons (Fsp3) is 0.412. The summed E-state index contributed by atoms with van der Waals surface area (Å²) in [6.45, 7) is 3.41. The van der Waals surface area contributed by atoms with Crippen molar-refractivity contribution in [1.29, 1.82) is 0 Å². The van der Waals surface area contributed by atoms with Crippen LogP contribution in [-0.2, 0) is 6.18 Å². The zero-order valence-corrected chi connectivity index (χ0v) is 15.3. The summed E-state index contributed by atoms with van der Waals surface area (Å²) in [4.78, 5) is 3.39. The molecule has 3 nitrogen and oxygen atoms in total.